The highest BCUT2D eigenvalue weighted by Gasteiger charge is 2.18. The molecule has 0 aliphatic carbocycles. The molecule has 5 nitrogen and oxygen atoms in total. The van der Waals surface area contributed by atoms with Crippen LogP contribution >= 0.6 is 0 Å². The summed E-state index contributed by atoms with van der Waals surface area (Å²) in [5.74, 6) is -0.668. The quantitative estimate of drug-likeness (QED) is 0.868. The molecule has 1 heterocycles. The number of aromatic nitrogens is 1. The summed E-state index contributed by atoms with van der Waals surface area (Å²) in [5, 5.41) is 8.99. The SMILES string of the molecule is CC(=O)C(C)n1c(=O)oc2cc(CO)ccc21. The smallest absolute Gasteiger partial charge is 0.408 e. The van der Waals surface area contributed by atoms with Gasteiger partial charge in [0.1, 0.15) is 0 Å². The topological polar surface area (TPSA) is 72.4 Å². The summed E-state index contributed by atoms with van der Waals surface area (Å²) in [6, 6.07) is 4.41. The molecule has 0 spiro atoms. The van der Waals surface area contributed by atoms with Crippen molar-refractivity contribution in [3.05, 3.63) is 34.3 Å². The first-order chi connectivity index (χ1) is 8.04. The van der Waals surface area contributed by atoms with Crippen LogP contribution in [0.2, 0.25) is 0 Å². The molecule has 90 valence electrons. The number of ketones is 1. The maximum absolute atomic E-state index is 11.7. The molecule has 0 aliphatic rings. The van der Waals surface area contributed by atoms with Crippen molar-refractivity contribution in [2.24, 2.45) is 0 Å². The van der Waals surface area contributed by atoms with E-state index in [1.165, 1.54) is 11.5 Å². The Morgan fingerprint density at radius 2 is 2.24 bits per heavy atom. The highest BCUT2D eigenvalue weighted by molar-refractivity contribution is 5.82. The van der Waals surface area contributed by atoms with E-state index in [1.807, 2.05) is 0 Å². The van der Waals surface area contributed by atoms with Crippen molar-refractivity contribution >= 4 is 16.9 Å². The zero-order chi connectivity index (χ0) is 12.6. The summed E-state index contributed by atoms with van der Waals surface area (Å²) in [6.45, 7) is 2.96. The number of aliphatic hydroxyl groups excluding tert-OH is 1. The van der Waals surface area contributed by atoms with E-state index >= 15 is 0 Å². The van der Waals surface area contributed by atoms with Crippen LogP contribution in [0.25, 0.3) is 11.1 Å². The number of oxazole rings is 1. The van der Waals surface area contributed by atoms with Gasteiger partial charge in [-0.25, -0.2) is 4.79 Å². The van der Waals surface area contributed by atoms with E-state index in [1.54, 1.807) is 25.1 Å². The van der Waals surface area contributed by atoms with Gasteiger partial charge in [-0.15, -0.1) is 0 Å². The zero-order valence-electron chi connectivity index (χ0n) is 9.64. The standard InChI is InChI=1S/C12H13NO4/c1-7(8(2)15)13-10-4-3-9(6-14)5-11(10)17-12(13)16/h3-5,7,14H,6H2,1-2H3. The van der Waals surface area contributed by atoms with E-state index in [-0.39, 0.29) is 12.4 Å². The van der Waals surface area contributed by atoms with E-state index in [2.05, 4.69) is 0 Å². The third-order valence-corrected chi connectivity index (χ3v) is 2.84. The molecule has 0 radical (unpaired) electrons. The summed E-state index contributed by atoms with van der Waals surface area (Å²) in [4.78, 5) is 23.0. The predicted octanol–water partition coefficient (Wildman–Crippen LogP) is 1.24. The third kappa shape index (κ3) is 1.89. The minimum atomic E-state index is -0.558. The first-order valence-electron chi connectivity index (χ1n) is 5.30. The van der Waals surface area contributed by atoms with Crippen LogP contribution in [-0.4, -0.2) is 15.5 Å². The fourth-order valence-corrected chi connectivity index (χ4v) is 1.73. The molecule has 17 heavy (non-hydrogen) atoms. The van der Waals surface area contributed by atoms with Crippen LogP contribution in [0.3, 0.4) is 0 Å². The van der Waals surface area contributed by atoms with Gasteiger partial charge in [-0.05, 0) is 31.5 Å². The van der Waals surface area contributed by atoms with E-state index in [4.69, 9.17) is 9.52 Å². The van der Waals surface area contributed by atoms with Crippen LogP contribution in [-0.2, 0) is 11.4 Å². The minimum Gasteiger partial charge on any atom is -0.408 e. The molecule has 2 rings (SSSR count). The summed E-state index contributed by atoms with van der Waals surface area (Å²) < 4.78 is 6.38. The van der Waals surface area contributed by atoms with Crippen molar-refractivity contribution in [3.8, 4) is 0 Å². The van der Waals surface area contributed by atoms with Gasteiger partial charge >= 0.3 is 5.76 Å². The number of benzene rings is 1. The number of nitrogens with zero attached hydrogens (tertiary/aromatic N) is 1. The van der Waals surface area contributed by atoms with Crippen LogP contribution in [0.15, 0.2) is 27.4 Å². The Hall–Kier alpha value is -1.88. The number of fused-ring (bicyclic) bond motifs is 1. The Balaban J connectivity index is 2.68. The van der Waals surface area contributed by atoms with Crippen molar-refractivity contribution in [1.82, 2.24) is 4.57 Å². The summed E-state index contributed by atoms with van der Waals surface area (Å²) >= 11 is 0. The first-order valence-corrected chi connectivity index (χ1v) is 5.30. The number of rotatable bonds is 3. The number of carbonyl (C=O) groups excluding carboxylic acids is 1. The van der Waals surface area contributed by atoms with Gasteiger partial charge in [-0.1, -0.05) is 6.07 Å². The number of hydrogen-bond donors (Lipinski definition) is 1. The lowest BCUT2D eigenvalue weighted by molar-refractivity contribution is -0.119. The Labute approximate surface area is 97.3 Å². The van der Waals surface area contributed by atoms with Crippen LogP contribution in [0, 0.1) is 0 Å². The van der Waals surface area contributed by atoms with Crippen molar-refractivity contribution in [2.75, 3.05) is 0 Å². The van der Waals surface area contributed by atoms with Gasteiger partial charge in [0.2, 0.25) is 0 Å². The monoisotopic (exact) mass is 235 g/mol. The van der Waals surface area contributed by atoms with Gasteiger partial charge in [-0.3, -0.25) is 9.36 Å². The molecule has 0 amide bonds. The normalized spacial score (nSPS) is 12.9. The molecule has 0 aliphatic heterocycles. The van der Waals surface area contributed by atoms with Gasteiger partial charge in [0.25, 0.3) is 0 Å². The Kier molecular flexibility index (Phi) is 2.85. The fourth-order valence-electron chi connectivity index (χ4n) is 1.73. The Morgan fingerprint density at radius 1 is 1.53 bits per heavy atom. The highest BCUT2D eigenvalue weighted by atomic mass is 16.4. The van der Waals surface area contributed by atoms with E-state index in [0.717, 1.165) is 0 Å². The fraction of sp³-hybridized carbons (Fsp3) is 0.333. The molecular weight excluding hydrogens is 222 g/mol. The van der Waals surface area contributed by atoms with Crippen molar-refractivity contribution in [1.29, 1.82) is 0 Å². The molecule has 2 aromatic rings. The molecule has 1 N–H and O–H groups in total. The first kappa shape index (κ1) is 11.6. The van der Waals surface area contributed by atoms with Gasteiger partial charge in [0.15, 0.2) is 11.4 Å². The van der Waals surface area contributed by atoms with Crippen LogP contribution in [0.5, 0.6) is 0 Å². The second-order valence-corrected chi connectivity index (χ2v) is 3.98. The molecule has 0 saturated carbocycles. The molecular formula is C12H13NO4. The largest absolute Gasteiger partial charge is 0.420 e. The maximum Gasteiger partial charge on any atom is 0.420 e. The second kappa shape index (κ2) is 4.18. The van der Waals surface area contributed by atoms with Crippen molar-refractivity contribution in [3.63, 3.8) is 0 Å². The summed E-state index contributed by atoms with van der Waals surface area (Å²) in [7, 11) is 0. The molecule has 0 saturated heterocycles. The lowest BCUT2D eigenvalue weighted by atomic mass is 10.2. The van der Waals surface area contributed by atoms with Crippen LogP contribution in [0.4, 0.5) is 0 Å². The van der Waals surface area contributed by atoms with Crippen LogP contribution < -0.4 is 5.76 Å². The van der Waals surface area contributed by atoms with Crippen molar-refractivity contribution < 1.29 is 14.3 Å². The molecule has 1 aromatic carbocycles. The zero-order valence-corrected chi connectivity index (χ0v) is 9.64. The number of aliphatic hydroxyl groups is 1. The lowest BCUT2D eigenvalue weighted by Gasteiger charge is -2.08. The van der Waals surface area contributed by atoms with Gasteiger partial charge in [-0.2, -0.15) is 0 Å². The molecule has 1 unspecified atom stereocenters. The molecule has 5 heteroatoms. The number of hydrogen-bond acceptors (Lipinski definition) is 4. The molecule has 0 bridgehead atoms. The lowest BCUT2D eigenvalue weighted by Crippen LogP contribution is -2.23. The highest BCUT2D eigenvalue weighted by Crippen LogP contribution is 2.19. The average molecular weight is 235 g/mol. The average Bonchev–Trinajstić information content (AvgIpc) is 2.62. The van der Waals surface area contributed by atoms with Crippen LogP contribution in [0.1, 0.15) is 25.5 Å². The number of Topliss-reactive ketones (excluding diaryl/α,β-unsaturated/α-hetero) is 1. The predicted molar refractivity (Wildman–Crippen MR) is 61.8 cm³/mol. The van der Waals surface area contributed by atoms with E-state index in [0.29, 0.717) is 16.7 Å². The van der Waals surface area contributed by atoms with E-state index < -0.39 is 11.8 Å². The molecule has 1 atom stereocenters. The van der Waals surface area contributed by atoms with Gasteiger partial charge in [0.05, 0.1) is 18.2 Å². The second-order valence-electron chi connectivity index (χ2n) is 3.98. The number of carbonyl (C=O) groups is 1. The maximum atomic E-state index is 11.7. The summed E-state index contributed by atoms with van der Waals surface area (Å²) in [5.41, 5.74) is 1.61. The van der Waals surface area contributed by atoms with Gasteiger partial charge in [0, 0.05) is 0 Å². The Bertz CT molecular complexity index is 623. The summed E-state index contributed by atoms with van der Waals surface area (Å²) in [6.07, 6.45) is 0. The molecule has 0 fully saturated rings. The van der Waals surface area contributed by atoms with E-state index in [9.17, 15) is 9.59 Å². The minimum absolute atomic E-state index is 0.110. The Morgan fingerprint density at radius 3 is 2.82 bits per heavy atom. The van der Waals surface area contributed by atoms with Gasteiger partial charge < -0.3 is 9.52 Å². The van der Waals surface area contributed by atoms with Crippen molar-refractivity contribution in [2.45, 2.75) is 26.5 Å². The third-order valence-electron chi connectivity index (χ3n) is 2.84. The molecule has 1 aromatic heterocycles.